The lowest BCUT2D eigenvalue weighted by molar-refractivity contribution is 0.0942. The molecule has 90 valence electrons. The Balaban J connectivity index is 3.09. The van der Waals surface area contributed by atoms with Crippen LogP contribution in [-0.4, -0.2) is 5.78 Å². The molecule has 0 aliphatic heterocycles. The van der Waals surface area contributed by atoms with Gasteiger partial charge in [-0.1, -0.05) is 13.3 Å². The van der Waals surface area contributed by atoms with Gasteiger partial charge in [-0.15, -0.1) is 0 Å². The molecule has 0 aliphatic rings. The maximum Gasteiger partial charge on any atom is 0.194 e. The third kappa shape index (κ3) is 2.84. The molecule has 0 amide bonds. The molecular formula is C12H10F3NO. The van der Waals surface area contributed by atoms with Crippen LogP contribution in [0.25, 0.3) is 0 Å². The van der Waals surface area contributed by atoms with Crippen LogP contribution < -0.4 is 0 Å². The normalized spacial score (nSPS) is 11.9. The zero-order chi connectivity index (χ0) is 13.0. The minimum atomic E-state index is -1.62. The fourth-order valence-corrected chi connectivity index (χ4v) is 1.44. The van der Waals surface area contributed by atoms with E-state index >= 15 is 0 Å². The van der Waals surface area contributed by atoms with Crippen LogP contribution in [0, 0.1) is 34.7 Å². The van der Waals surface area contributed by atoms with E-state index in [0.29, 0.717) is 25.0 Å². The third-order valence-corrected chi connectivity index (χ3v) is 2.32. The van der Waals surface area contributed by atoms with Gasteiger partial charge in [0.25, 0.3) is 0 Å². The summed E-state index contributed by atoms with van der Waals surface area (Å²) in [6.45, 7) is 1.78. The van der Waals surface area contributed by atoms with E-state index < -0.39 is 29.2 Å². The van der Waals surface area contributed by atoms with Gasteiger partial charge in [-0.05, 0) is 18.6 Å². The Labute approximate surface area is 96.7 Å². The molecule has 0 spiro atoms. The van der Waals surface area contributed by atoms with E-state index in [9.17, 15) is 18.0 Å². The third-order valence-electron chi connectivity index (χ3n) is 2.32. The number of Topliss-reactive ketones (excluding diaryl/α,β-unsaturated/α-hetero) is 1. The minimum absolute atomic E-state index is 0.302. The number of nitrogens with zero attached hydrogens (tertiary/aromatic N) is 1. The second kappa shape index (κ2) is 5.48. The first kappa shape index (κ1) is 13.2. The van der Waals surface area contributed by atoms with E-state index in [1.54, 1.807) is 13.0 Å². The van der Waals surface area contributed by atoms with Gasteiger partial charge in [0, 0.05) is 5.56 Å². The molecule has 0 aliphatic carbocycles. The number of hydrogen-bond donors (Lipinski definition) is 0. The fourth-order valence-electron chi connectivity index (χ4n) is 1.44. The maximum absolute atomic E-state index is 12.9. The van der Waals surface area contributed by atoms with Crippen molar-refractivity contribution in [1.29, 1.82) is 5.26 Å². The number of rotatable bonds is 4. The molecule has 1 aromatic carbocycles. The number of hydrogen-bond acceptors (Lipinski definition) is 2. The van der Waals surface area contributed by atoms with Crippen molar-refractivity contribution in [3.8, 4) is 6.07 Å². The van der Waals surface area contributed by atoms with E-state index in [-0.39, 0.29) is 5.56 Å². The molecule has 2 nitrogen and oxygen atoms in total. The van der Waals surface area contributed by atoms with Gasteiger partial charge in [0.1, 0.15) is 5.92 Å². The first-order valence-electron chi connectivity index (χ1n) is 5.09. The summed E-state index contributed by atoms with van der Waals surface area (Å²) in [4.78, 5) is 11.7. The number of carbonyl (C=O) groups excluding carboxylic acids is 1. The molecule has 0 bridgehead atoms. The van der Waals surface area contributed by atoms with E-state index in [4.69, 9.17) is 5.26 Å². The molecular weight excluding hydrogens is 231 g/mol. The Hall–Kier alpha value is -1.83. The van der Waals surface area contributed by atoms with Crippen molar-refractivity contribution in [3.63, 3.8) is 0 Å². The maximum atomic E-state index is 12.9. The predicted molar refractivity (Wildman–Crippen MR) is 54.7 cm³/mol. The highest BCUT2D eigenvalue weighted by Gasteiger charge is 2.21. The van der Waals surface area contributed by atoms with E-state index in [2.05, 4.69) is 0 Å². The number of nitriles is 1. The van der Waals surface area contributed by atoms with Gasteiger partial charge in [-0.3, -0.25) is 4.79 Å². The predicted octanol–water partition coefficient (Wildman–Crippen LogP) is 3.23. The lowest BCUT2D eigenvalue weighted by Gasteiger charge is -2.07. The van der Waals surface area contributed by atoms with Crippen molar-refractivity contribution < 1.29 is 18.0 Å². The average Bonchev–Trinajstić information content (AvgIpc) is 2.31. The van der Waals surface area contributed by atoms with Crippen LogP contribution in [0.2, 0.25) is 0 Å². The van der Waals surface area contributed by atoms with Crippen LogP contribution in [0.4, 0.5) is 13.2 Å². The Bertz CT molecular complexity index is 456. The van der Waals surface area contributed by atoms with Crippen molar-refractivity contribution in [2.45, 2.75) is 19.8 Å². The molecule has 17 heavy (non-hydrogen) atoms. The van der Waals surface area contributed by atoms with Crippen LogP contribution >= 0.6 is 0 Å². The molecule has 1 rings (SSSR count). The summed E-state index contributed by atoms with van der Waals surface area (Å²) in [5.41, 5.74) is -0.318. The molecule has 1 aromatic rings. The monoisotopic (exact) mass is 241 g/mol. The van der Waals surface area contributed by atoms with Gasteiger partial charge < -0.3 is 0 Å². The molecule has 1 unspecified atom stereocenters. The molecule has 0 saturated heterocycles. The second-order valence-corrected chi connectivity index (χ2v) is 3.59. The number of halogens is 3. The van der Waals surface area contributed by atoms with Gasteiger partial charge in [0.05, 0.1) is 6.07 Å². The van der Waals surface area contributed by atoms with Crippen molar-refractivity contribution in [1.82, 2.24) is 0 Å². The smallest absolute Gasteiger partial charge is 0.194 e. The van der Waals surface area contributed by atoms with Crippen LogP contribution in [0.15, 0.2) is 12.1 Å². The summed E-state index contributed by atoms with van der Waals surface area (Å²) in [5, 5.41) is 8.75. The van der Waals surface area contributed by atoms with Crippen LogP contribution in [0.3, 0.4) is 0 Å². The topological polar surface area (TPSA) is 40.9 Å². The van der Waals surface area contributed by atoms with E-state index in [1.165, 1.54) is 0 Å². The van der Waals surface area contributed by atoms with Crippen molar-refractivity contribution in [2.75, 3.05) is 0 Å². The zero-order valence-electron chi connectivity index (χ0n) is 9.14. The molecule has 0 N–H and O–H groups in total. The van der Waals surface area contributed by atoms with Crippen LogP contribution in [0.1, 0.15) is 30.1 Å². The summed E-state index contributed by atoms with van der Waals surface area (Å²) < 4.78 is 38.5. The van der Waals surface area contributed by atoms with E-state index in [0.717, 1.165) is 0 Å². The molecule has 0 aromatic heterocycles. The summed E-state index contributed by atoms with van der Waals surface area (Å²) in [5.74, 6) is -6.12. The fraction of sp³-hybridized carbons (Fsp3) is 0.333. The van der Waals surface area contributed by atoms with Gasteiger partial charge in [-0.2, -0.15) is 5.26 Å². The Kier molecular flexibility index (Phi) is 4.27. The quantitative estimate of drug-likeness (QED) is 0.599. The molecule has 0 radical (unpaired) electrons. The Morgan fingerprint density at radius 1 is 1.35 bits per heavy atom. The first-order chi connectivity index (χ1) is 8.01. The number of carbonyl (C=O) groups is 1. The highest BCUT2D eigenvalue weighted by molar-refractivity contribution is 5.99. The second-order valence-electron chi connectivity index (χ2n) is 3.59. The minimum Gasteiger partial charge on any atom is -0.293 e. The molecule has 0 saturated carbocycles. The summed E-state index contributed by atoms with van der Waals surface area (Å²) >= 11 is 0. The average molecular weight is 241 g/mol. The van der Waals surface area contributed by atoms with Gasteiger partial charge in [-0.25, -0.2) is 13.2 Å². The Morgan fingerprint density at radius 2 is 1.88 bits per heavy atom. The standard InChI is InChI=1S/C12H10F3NO/c1-2-3-7(6-16)12(17)8-4-9(13)11(15)10(14)5-8/h4-5,7H,2-3H2,1H3. The largest absolute Gasteiger partial charge is 0.293 e. The lowest BCUT2D eigenvalue weighted by Crippen LogP contribution is -2.14. The van der Waals surface area contributed by atoms with Gasteiger partial charge in [0.2, 0.25) is 0 Å². The lowest BCUT2D eigenvalue weighted by atomic mass is 9.95. The van der Waals surface area contributed by atoms with Gasteiger partial charge >= 0.3 is 0 Å². The highest BCUT2D eigenvalue weighted by Crippen LogP contribution is 2.18. The highest BCUT2D eigenvalue weighted by atomic mass is 19.2. The molecule has 0 fully saturated rings. The summed E-state index contributed by atoms with van der Waals surface area (Å²) in [7, 11) is 0. The van der Waals surface area contributed by atoms with Crippen LogP contribution in [-0.2, 0) is 0 Å². The summed E-state index contributed by atoms with van der Waals surface area (Å²) in [6.07, 6.45) is 0.895. The first-order valence-corrected chi connectivity index (χ1v) is 5.09. The summed E-state index contributed by atoms with van der Waals surface area (Å²) in [6, 6.07) is 2.99. The molecule has 5 heteroatoms. The molecule has 1 atom stereocenters. The van der Waals surface area contributed by atoms with Crippen LogP contribution in [0.5, 0.6) is 0 Å². The Morgan fingerprint density at radius 3 is 2.29 bits per heavy atom. The van der Waals surface area contributed by atoms with Crippen molar-refractivity contribution in [2.24, 2.45) is 5.92 Å². The number of ketones is 1. The SMILES string of the molecule is CCCC(C#N)C(=O)c1cc(F)c(F)c(F)c1. The molecule has 0 heterocycles. The van der Waals surface area contributed by atoms with E-state index in [1.807, 2.05) is 0 Å². The van der Waals surface area contributed by atoms with Crippen molar-refractivity contribution in [3.05, 3.63) is 35.1 Å². The number of benzene rings is 1. The zero-order valence-corrected chi connectivity index (χ0v) is 9.14. The van der Waals surface area contributed by atoms with Gasteiger partial charge in [0.15, 0.2) is 23.2 Å². The van der Waals surface area contributed by atoms with Crippen molar-refractivity contribution >= 4 is 5.78 Å².